The van der Waals surface area contributed by atoms with E-state index in [4.69, 9.17) is 14.6 Å². The summed E-state index contributed by atoms with van der Waals surface area (Å²) in [4.78, 5) is 49.2. The molecule has 1 fully saturated rings. The number of para-hydroxylation sites is 1. The second-order valence-corrected chi connectivity index (χ2v) is 6.34. The molecule has 1 aliphatic rings. The summed E-state index contributed by atoms with van der Waals surface area (Å²) in [6.45, 7) is 1.20. The highest BCUT2D eigenvalue weighted by Gasteiger charge is 2.37. The molecule has 0 spiro atoms. The van der Waals surface area contributed by atoms with Crippen LogP contribution >= 0.6 is 0 Å². The van der Waals surface area contributed by atoms with Gasteiger partial charge in [-0.2, -0.15) is 0 Å². The summed E-state index contributed by atoms with van der Waals surface area (Å²) >= 11 is 0. The molecule has 154 valence electrons. The molecule has 1 aliphatic heterocycles. The average Bonchev–Trinajstić information content (AvgIpc) is 2.71. The van der Waals surface area contributed by atoms with Gasteiger partial charge in [-0.15, -0.1) is 0 Å². The van der Waals surface area contributed by atoms with Gasteiger partial charge in [-0.05, 0) is 42.3 Å². The van der Waals surface area contributed by atoms with Crippen LogP contribution in [0.4, 0.5) is 10.5 Å². The molecule has 3 rings (SSSR count). The smallest absolute Gasteiger partial charge is 0.341 e. The number of aliphatic carboxylic acids is 1. The monoisotopic (exact) mass is 410 g/mol. The molecule has 9 nitrogen and oxygen atoms in total. The standard InChI is InChI=1S/C21H18N2O7/c1-12-5-3-4-6-15(12)23-20(27)14(19(26)22-21(23)28)9-13-7-8-16(17(10-13)29-2)30-11-18(24)25/h3-10H,11H2,1-2H3,(H,24,25)(H,22,26,28)/b14-9+. The molecule has 0 bridgehead atoms. The van der Waals surface area contributed by atoms with Crippen LogP contribution in [0.1, 0.15) is 11.1 Å². The van der Waals surface area contributed by atoms with Crippen LogP contribution in [0.2, 0.25) is 0 Å². The van der Waals surface area contributed by atoms with Crippen molar-refractivity contribution in [3.8, 4) is 11.5 Å². The second kappa shape index (κ2) is 8.48. The molecule has 0 radical (unpaired) electrons. The van der Waals surface area contributed by atoms with Gasteiger partial charge in [0.15, 0.2) is 18.1 Å². The Hall–Kier alpha value is -4.14. The summed E-state index contributed by atoms with van der Waals surface area (Å²) < 4.78 is 10.3. The van der Waals surface area contributed by atoms with Crippen molar-refractivity contribution in [2.75, 3.05) is 18.6 Å². The summed E-state index contributed by atoms with van der Waals surface area (Å²) in [6, 6.07) is 10.5. The molecule has 0 atom stereocenters. The van der Waals surface area contributed by atoms with Crippen LogP contribution in [0.5, 0.6) is 11.5 Å². The Kier molecular flexibility index (Phi) is 5.82. The molecule has 9 heteroatoms. The van der Waals surface area contributed by atoms with Crippen LogP contribution in [0.15, 0.2) is 48.0 Å². The minimum Gasteiger partial charge on any atom is -0.493 e. The van der Waals surface area contributed by atoms with Crippen LogP contribution in [0.3, 0.4) is 0 Å². The third kappa shape index (κ3) is 4.14. The number of methoxy groups -OCH3 is 1. The zero-order valence-corrected chi connectivity index (χ0v) is 16.2. The SMILES string of the molecule is COc1cc(/C=C2\C(=O)NC(=O)N(c3ccccc3C)C2=O)ccc1OCC(=O)O. The minimum atomic E-state index is -1.14. The molecular weight excluding hydrogens is 392 g/mol. The Morgan fingerprint density at radius 2 is 1.87 bits per heavy atom. The Balaban J connectivity index is 1.96. The van der Waals surface area contributed by atoms with Crippen molar-refractivity contribution >= 4 is 35.6 Å². The number of imide groups is 2. The van der Waals surface area contributed by atoms with E-state index >= 15 is 0 Å². The predicted octanol–water partition coefficient (Wildman–Crippen LogP) is 2.13. The number of carboxylic acids is 1. The largest absolute Gasteiger partial charge is 0.493 e. The van der Waals surface area contributed by atoms with Crippen LogP contribution in [-0.4, -0.2) is 42.6 Å². The topological polar surface area (TPSA) is 122 Å². The molecule has 4 amide bonds. The quantitative estimate of drug-likeness (QED) is 0.552. The van der Waals surface area contributed by atoms with Gasteiger partial charge in [0.05, 0.1) is 12.8 Å². The number of benzene rings is 2. The third-order valence-corrected chi connectivity index (χ3v) is 4.31. The van der Waals surface area contributed by atoms with Gasteiger partial charge < -0.3 is 14.6 Å². The average molecular weight is 410 g/mol. The van der Waals surface area contributed by atoms with Crippen molar-refractivity contribution < 1.29 is 33.8 Å². The second-order valence-electron chi connectivity index (χ2n) is 6.34. The summed E-state index contributed by atoms with van der Waals surface area (Å²) in [6.07, 6.45) is 1.32. The Bertz CT molecular complexity index is 1070. The zero-order chi connectivity index (χ0) is 21.8. The van der Waals surface area contributed by atoms with E-state index in [9.17, 15) is 19.2 Å². The fraction of sp³-hybridized carbons (Fsp3) is 0.143. The maximum atomic E-state index is 13.0. The van der Waals surface area contributed by atoms with E-state index in [1.165, 1.54) is 31.4 Å². The fourth-order valence-corrected chi connectivity index (χ4v) is 2.89. The van der Waals surface area contributed by atoms with Gasteiger partial charge in [-0.3, -0.25) is 14.9 Å². The number of aryl methyl sites for hydroxylation is 1. The minimum absolute atomic E-state index is 0.193. The van der Waals surface area contributed by atoms with E-state index in [1.54, 1.807) is 31.2 Å². The Morgan fingerprint density at radius 1 is 1.13 bits per heavy atom. The number of carboxylic acid groups (broad SMARTS) is 1. The van der Waals surface area contributed by atoms with Gasteiger partial charge in [0.1, 0.15) is 5.57 Å². The maximum absolute atomic E-state index is 13.0. The first-order chi connectivity index (χ1) is 14.3. The van der Waals surface area contributed by atoms with E-state index in [0.717, 1.165) is 4.90 Å². The van der Waals surface area contributed by atoms with Crippen LogP contribution < -0.4 is 19.7 Å². The van der Waals surface area contributed by atoms with Crippen molar-refractivity contribution in [2.45, 2.75) is 6.92 Å². The first-order valence-electron chi connectivity index (χ1n) is 8.81. The van der Waals surface area contributed by atoms with Crippen LogP contribution in [0.25, 0.3) is 6.08 Å². The van der Waals surface area contributed by atoms with Crippen molar-refractivity contribution in [1.29, 1.82) is 0 Å². The molecule has 0 unspecified atom stereocenters. The fourth-order valence-electron chi connectivity index (χ4n) is 2.89. The van der Waals surface area contributed by atoms with Crippen molar-refractivity contribution in [2.24, 2.45) is 0 Å². The van der Waals surface area contributed by atoms with E-state index < -0.39 is 30.4 Å². The Labute approximate surface area is 171 Å². The molecule has 30 heavy (non-hydrogen) atoms. The number of nitrogens with zero attached hydrogens (tertiary/aromatic N) is 1. The van der Waals surface area contributed by atoms with E-state index in [0.29, 0.717) is 16.8 Å². The number of hydrogen-bond acceptors (Lipinski definition) is 6. The van der Waals surface area contributed by atoms with Gasteiger partial charge in [-0.25, -0.2) is 14.5 Å². The molecule has 1 heterocycles. The number of hydrogen-bond donors (Lipinski definition) is 2. The van der Waals surface area contributed by atoms with E-state index in [-0.39, 0.29) is 17.1 Å². The number of ether oxygens (including phenoxy) is 2. The predicted molar refractivity (Wildman–Crippen MR) is 106 cm³/mol. The summed E-state index contributed by atoms with van der Waals surface area (Å²) in [5, 5.41) is 10.9. The van der Waals surface area contributed by atoms with Gasteiger partial charge in [0, 0.05) is 0 Å². The molecule has 0 aromatic heterocycles. The van der Waals surface area contributed by atoms with Gasteiger partial charge >= 0.3 is 12.0 Å². The highest BCUT2D eigenvalue weighted by Crippen LogP contribution is 2.30. The lowest BCUT2D eigenvalue weighted by atomic mass is 10.1. The highest BCUT2D eigenvalue weighted by atomic mass is 16.5. The zero-order valence-electron chi connectivity index (χ0n) is 16.2. The van der Waals surface area contributed by atoms with Gasteiger partial charge in [0.25, 0.3) is 11.8 Å². The third-order valence-electron chi connectivity index (χ3n) is 4.31. The molecule has 2 N–H and O–H groups in total. The van der Waals surface area contributed by atoms with Crippen molar-refractivity contribution in [3.05, 3.63) is 59.2 Å². The number of rotatable bonds is 6. The number of carbonyl (C=O) groups is 4. The normalized spacial score (nSPS) is 15.2. The van der Waals surface area contributed by atoms with E-state index in [1.807, 2.05) is 0 Å². The Morgan fingerprint density at radius 3 is 2.53 bits per heavy atom. The van der Waals surface area contributed by atoms with Crippen LogP contribution in [0, 0.1) is 6.92 Å². The highest BCUT2D eigenvalue weighted by molar-refractivity contribution is 6.39. The molecular formula is C21H18N2O7. The van der Waals surface area contributed by atoms with Crippen LogP contribution in [-0.2, 0) is 14.4 Å². The van der Waals surface area contributed by atoms with Crippen molar-refractivity contribution in [3.63, 3.8) is 0 Å². The number of anilines is 1. The maximum Gasteiger partial charge on any atom is 0.341 e. The lowest BCUT2D eigenvalue weighted by molar-refractivity contribution is -0.139. The number of carbonyl (C=O) groups excluding carboxylic acids is 3. The molecule has 0 saturated carbocycles. The first-order valence-corrected chi connectivity index (χ1v) is 8.81. The summed E-state index contributed by atoms with van der Waals surface area (Å²) in [7, 11) is 1.37. The molecule has 0 aliphatic carbocycles. The number of urea groups is 1. The summed E-state index contributed by atoms with van der Waals surface area (Å²) in [5.74, 6) is -2.31. The lowest BCUT2D eigenvalue weighted by Gasteiger charge is -2.27. The lowest BCUT2D eigenvalue weighted by Crippen LogP contribution is -2.54. The number of nitrogens with one attached hydrogen (secondary N) is 1. The molecule has 1 saturated heterocycles. The van der Waals surface area contributed by atoms with Gasteiger partial charge in [-0.1, -0.05) is 24.3 Å². The molecule has 2 aromatic carbocycles. The van der Waals surface area contributed by atoms with Gasteiger partial charge in [0.2, 0.25) is 0 Å². The first kappa shape index (κ1) is 20.6. The molecule has 2 aromatic rings. The number of amides is 4. The summed E-state index contributed by atoms with van der Waals surface area (Å²) in [5.41, 5.74) is 1.25. The number of barbiturate groups is 1. The van der Waals surface area contributed by atoms with E-state index in [2.05, 4.69) is 5.32 Å². The van der Waals surface area contributed by atoms with Crippen molar-refractivity contribution in [1.82, 2.24) is 5.32 Å².